The van der Waals surface area contributed by atoms with Crippen molar-refractivity contribution in [2.24, 2.45) is 5.73 Å². The number of nitrogens with one attached hydrogen (secondary N) is 3. The Kier molecular flexibility index (Phi) is 42.8. The van der Waals surface area contributed by atoms with Gasteiger partial charge in [-0.3, -0.25) is 9.59 Å². The highest BCUT2D eigenvalue weighted by Crippen LogP contribution is 2.46. The van der Waals surface area contributed by atoms with Crippen molar-refractivity contribution >= 4 is 113 Å². The molecule has 1 fully saturated rings. The number of amides is 2. The van der Waals surface area contributed by atoms with Crippen LogP contribution in [-0.4, -0.2) is 66.2 Å². The summed E-state index contributed by atoms with van der Waals surface area (Å²) < 4.78 is 0.979. The second-order valence-electron chi connectivity index (χ2n) is 44.7. The summed E-state index contributed by atoms with van der Waals surface area (Å²) in [5, 5.41) is 66.5. The zero-order valence-electron chi connectivity index (χ0n) is 82.4. The molecule has 0 radical (unpaired) electrons. The number of carbonyl (C=O) groups excluding carboxylic acids is 2. The predicted octanol–water partition coefficient (Wildman–Crippen LogP) is 29.2. The number of alkyl halides is 1. The summed E-state index contributed by atoms with van der Waals surface area (Å²) in [5.41, 5.74) is 23.7. The molecular formula is C102H157Br4Cl2N11O7. The minimum absolute atomic E-state index is 0. The normalized spacial score (nSPS) is 12.9. The summed E-state index contributed by atoms with van der Waals surface area (Å²) >= 11 is 22.4. The zero-order chi connectivity index (χ0) is 96.1. The Morgan fingerprint density at radius 1 is 0.357 bits per heavy atom. The van der Waals surface area contributed by atoms with Crippen molar-refractivity contribution in [3.8, 4) is 28.7 Å². The Bertz CT molecular complexity index is 4440. The molecule has 6 aromatic carbocycles. The fourth-order valence-corrected chi connectivity index (χ4v) is 14.4. The van der Waals surface area contributed by atoms with Crippen LogP contribution in [0.3, 0.4) is 0 Å². The maximum absolute atomic E-state index is 11.3. The molecule has 0 saturated carbocycles. The lowest BCUT2D eigenvalue weighted by atomic mass is 9.78. The molecule has 704 valence electrons. The molecule has 8 aromatic rings. The van der Waals surface area contributed by atoms with Crippen molar-refractivity contribution in [1.82, 2.24) is 35.0 Å². The quantitative estimate of drug-likeness (QED) is 0.0327. The molecule has 0 spiro atoms. The minimum Gasteiger partial charge on any atom is -0.507 e. The number of imide groups is 1. The predicted molar refractivity (Wildman–Crippen MR) is 550 cm³/mol. The van der Waals surface area contributed by atoms with Gasteiger partial charge in [-0.1, -0.05) is 321 Å². The Morgan fingerprint density at radius 2 is 0.587 bits per heavy atom. The van der Waals surface area contributed by atoms with Crippen molar-refractivity contribution in [3.05, 3.63) is 202 Å². The van der Waals surface area contributed by atoms with Gasteiger partial charge >= 0.3 is 0 Å². The largest absolute Gasteiger partial charge is 0.507 e. The highest BCUT2D eigenvalue weighted by molar-refractivity contribution is 9.93. The molecule has 1 aliphatic rings. The second-order valence-corrected chi connectivity index (χ2v) is 46.7. The number of carbonyl (C=O) groups is 2. The fourth-order valence-electron chi connectivity index (χ4n) is 13.4. The maximum atomic E-state index is 11.3. The zero-order valence-corrected chi connectivity index (χ0v) is 90.3. The second kappa shape index (κ2) is 46.0. The minimum atomic E-state index is -0.251. The van der Waals surface area contributed by atoms with E-state index in [1.807, 2.05) is 6.07 Å². The molecule has 0 atom stereocenters. The summed E-state index contributed by atoms with van der Waals surface area (Å²) in [6.07, 6.45) is 1.95. The Labute approximate surface area is 802 Å². The third kappa shape index (κ3) is 35.6. The molecule has 24 heteroatoms. The van der Waals surface area contributed by atoms with Gasteiger partial charge in [-0.05, 0) is 226 Å². The van der Waals surface area contributed by atoms with Gasteiger partial charge in [-0.2, -0.15) is 15.0 Å². The Balaban J connectivity index is 0.000000920. The smallest absolute Gasteiger partial charge is 0.239 e. The number of phenols is 5. The third-order valence-corrected chi connectivity index (χ3v) is 22.6. The van der Waals surface area contributed by atoms with Gasteiger partial charge in [0.25, 0.3) is 0 Å². The third-order valence-electron chi connectivity index (χ3n) is 20.8. The number of rotatable bonds is 11. The molecule has 0 aliphatic carbocycles. The first kappa shape index (κ1) is 117. The van der Waals surface area contributed by atoms with E-state index in [0.29, 0.717) is 85.4 Å². The van der Waals surface area contributed by atoms with Gasteiger partial charge in [-0.15, -0.1) is 0 Å². The van der Waals surface area contributed by atoms with Crippen LogP contribution in [0.4, 0.5) is 17.6 Å². The number of benzene rings is 6. The monoisotopic (exact) mass is 2030 g/mol. The van der Waals surface area contributed by atoms with Crippen LogP contribution in [0, 0.1) is 6.92 Å². The first-order chi connectivity index (χ1) is 56.0. The van der Waals surface area contributed by atoms with E-state index in [-0.39, 0.29) is 101 Å². The molecule has 18 nitrogen and oxygen atoms in total. The lowest BCUT2D eigenvalue weighted by molar-refractivity contribution is -0.131. The molecule has 1 saturated heterocycles. The van der Waals surface area contributed by atoms with Gasteiger partial charge in [-0.25, -0.2) is 13.9 Å². The Morgan fingerprint density at radius 3 is 0.778 bits per heavy atom. The molecule has 2 aromatic heterocycles. The topological polar surface area (TPSA) is 300 Å². The van der Waals surface area contributed by atoms with E-state index in [9.17, 15) is 35.1 Å². The standard InChI is InChI=1S/C49H73N5O3.C15H23BrO.C15H25N.C15H24O.C4H4BrNO2.C3HCl2N3.CH4.Br2.H3N/c1-44(2,3)32-19-29(20-33(40(32)55)45(4,5)6)26-50-38-25-39(51-27-30-21-34(46(7,8)9)41(56)35(22-30)47(10,11)12)54-43(53-38)52-28-31-23-36(48(13,14)15)42(57)37(24-31)49(16,17)18;1-14(2,3)11-7-10(9-16)8-12(13(11)17)15(4,5)6;1-14(2,3)12-7-11(10-16)8-13(9-12)15(4,5)6;1-10-8-11(14(2,3)4)13(16)12(9-10)15(5,6)7;5-6-3(7)1-2-4(6)8;4-2-6-1-7-3(5)8-2;;1-2;/h19-25,55-57H,26-28H2,1-18H3,(H3,50,51,52,53,54);7-8,17H,9H2,1-6H3;7-9H,10,16H2,1-6H3;8-9,16H,1-7H3;1-2H2;1H;1H4;;1H3. The lowest BCUT2D eigenvalue weighted by Crippen LogP contribution is -2.19. The number of aromatic hydroxyl groups is 5. The highest BCUT2D eigenvalue weighted by Gasteiger charge is 2.34. The summed E-state index contributed by atoms with van der Waals surface area (Å²) in [6.45, 7) is 81.4. The first-order valence-electron chi connectivity index (χ1n) is 42.5. The van der Waals surface area contributed by atoms with Crippen molar-refractivity contribution in [1.29, 1.82) is 0 Å². The number of hydrogen-bond donors (Lipinski definition) is 10. The average molecular weight is 2040 g/mol. The first-order valence-corrected chi connectivity index (χ1v) is 48.8. The summed E-state index contributed by atoms with van der Waals surface area (Å²) in [4.78, 5) is 41.2. The van der Waals surface area contributed by atoms with Gasteiger partial charge < -0.3 is 53.4 Å². The number of aryl methyl sites for hydroxylation is 1. The van der Waals surface area contributed by atoms with E-state index in [1.54, 1.807) is 0 Å². The maximum Gasteiger partial charge on any atom is 0.239 e. The van der Waals surface area contributed by atoms with E-state index in [1.165, 1.54) is 34.1 Å². The van der Waals surface area contributed by atoms with Gasteiger partial charge in [0.15, 0.2) is 0 Å². The van der Waals surface area contributed by atoms with E-state index >= 15 is 0 Å². The molecule has 2 amide bonds. The number of hydrogen-bond acceptors (Lipinski definition) is 17. The number of nitrogens with two attached hydrogens (primary N) is 1. The van der Waals surface area contributed by atoms with Crippen LogP contribution in [0.2, 0.25) is 10.6 Å². The van der Waals surface area contributed by atoms with Crippen LogP contribution in [0.15, 0.2) is 91.3 Å². The van der Waals surface area contributed by atoms with Gasteiger partial charge in [0.1, 0.15) is 46.7 Å². The number of aromatic nitrogens is 5. The van der Waals surface area contributed by atoms with Gasteiger partial charge in [0.05, 0.1) is 16.1 Å². The molecular weight excluding hydrogens is 1880 g/mol. The van der Waals surface area contributed by atoms with Crippen molar-refractivity contribution in [3.63, 3.8) is 0 Å². The number of nitrogens with zero attached hydrogens (tertiary/aromatic N) is 6. The summed E-state index contributed by atoms with van der Waals surface area (Å²) in [7, 11) is 0. The summed E-state index contributed by atoms with van der Waals surface area (Å²) in [5.74, 6) is 3.44. The molecule has 0 unspecified atom stereocenters. The number of halogens is 6. The van der Waals surface area contributed by atoms with Crippen molar-refractivity contribution < 1.29 is 35.1 Å². The Hall–Kier alpha value is -6.63. The van der Waals surface area contributed by atoms with Crippen LogP contribution in [0.1, 0.15) is 370 Å². The SMILES string of the molecule is BrBr.C.CC(C)(C)c1cc(CBr)cc(C(C)(C)C)c1O.CC(C)(C)c1cc(CN)cc(C(C)(C)C)c1.CC(C)(C)c1cc(CNc2cc(NCc3cc(C(C)(C)C)c(O)c(C(C)(C)C)c3)nc(NCc3cc(C(C)(C)C)c(O)c(C(C)(C)C)c3)n2)cc(C(C)(C)C)c1O.Cc1cc(C(C)(C)C)c(O)c(C(C)(C)C)c1.Clc1ncnc(Cl)n1.N.O=C1CCC(=O)N1Br. The van der Waals surface area contributed by atoms with E-state index in [4.69, 9.17) is 38.9 Å². The van der Waals surface area contributed by atoms with Crippen molar-refractivity contribution in [2.75, 3.05) is 16.0 Å². The van der Waals surface area contributed by atoms with Crippen LogP contribution in [0.25, 0.3) is 0 Å². The molecule has 1 aliphatic heterocycles. The average Bonchev–Trinajstić information content (AvgIpc) is 0.819. The van der Waals surface area contributed by atoms with Gasteiger partial charge in [0, 0.05) is 78.7 Å². The molecule has 3 heterocycles. The van der Waals surface area contributed by atoms with Crippen molar-refractivity contribution in [2.45, 2.75) is 373 Å². The van der Waals surface area contributed by atoms with E-state index in [0.717, 1.165) is 81.6 Å². The van der Waals surface area contributed by atoms with Crippen LogP contribution in [0.5, 0.6) is 28.7 Å². The van der Waals surface area contributed by atoms with E-state index in [2.05, 4.69) is 426 Å². The molecule has 9 rings (SSSR count). The van der Waals surface area contributed by atoms with E-state index < -0.39 is 0 Å². The summed E-state index contributed by atoms with van der Waals surface area (Å²) in [6, 6.07) is 29.6. The molecule has 0 bridgehead atoms. The molecule has 126 heavy (non-hydrogen) atoms. The van der Waals surface area contributed by atoms with Crippen LogP contribution >= 0.6 is 83.5 Å². The number of anilines is 3. The highest BCUT2D eigenvalue weighted by atomic mass is 80.9. The fraction of sp³-hybridized carbons (Fsp3) is 0.559. The van der Waals surface area contributed by atoms with Crippen LogP contribution < -0.4 is 27.8 Å². The molecule has 13 N–H and O–H groups in total. The van der Waals surface area contributed by atoms with Gasteiger partial charge in [0.2, 0.25) is 28.3 Å². The number of phenolic OH excluding ortho intramolecular Hbond substituents is 5. The lowest BCUT2D eigenvalue weighted by Gasteiger charge is -2.28. The van der Waals surface area contributed by atoms with Crippen LogP contribution in [-0.2, 0) is 106 Å².